The van der Waals surface area contributed by atoms with E-state index in [1.54, 1.807) is 0 Å². The molecule has 3 heterocycles. The van der Waals surface area contributed by atoms with E-state index in [2.05, 4.69) is 42.1 Å². The van der Waals surface area contributed by atoms with Crippen LogP contribution in [0.15, 0.2) is 36.5 Å². The SMILES string of the molecule is CC(C)(O)C#Cc1nc(Nc2ccnc(C(F)(F)F)c2)nc(-c2cccc(C(F)(F)F)n2)n1. The quantitative estimate of drug-likeness (QED) is 0.439. The molecule has 0 amide bonds. The standard InChI is InChI=1S/C20H14F6N6O/c1-18(2,33)8-6-15-30-16(12-4-3-5-13(29-12)19(21,22)23)32-17(31-15)28-11-7-9-27-14(10-11)20(24,25)26/h3-5,7,9-10,33H,1-2H3,(H,27,28,30,31,32). The molecule has 3 aromatic rings. The first-order valence-electron chi connectivity index (χ1n) is 9.07. The van der Waals surface area contributed by atoms with Gasteiger partial charge in [0.15, 0.2) is 5.82 Å². The normalized spacial score (nSPS) is 12.2. The predicted octanol–water partition coefficient (Wildman–Crippen LogP) is 4.23. The molecule has 2 N–H and O–H groups in total. The van der Waals surface area contributed by atoms with Gasteiger partial charge >= 0.3 is 12.4 Å². The molecule has 0 spiro atoms. The summed E-state index contributed by atoms with van der Waals surface area (Å²) < 4.78 is 77.9. The molecule has 0 saturated carbocycles. The molecule has 0 aliphatic carbocycles. The lowest BCUT2D eigenvalue weighted by molar-refractivity contribution is -0.141. The average molecular weight is 468 g/mol. The molecule has 0 fully saturated rings. The zero-order valence-electron chi connectivity index (χ0n) is 16.9. The lowest BCUT2D eigenvalue weighted by atomic mass is 10.1. The van der Waals surface area contributed by atoms with Crippen LogP contribution in [0.25, 0.3) is 11.5 Å². The van der Waals surface area contributed by atoms with Gasteiger partial charge in [0.1, 0.15) is 22.7 Å². The van der Waals surface area contributed by atoms with Crippen LogP contribution in [0.1, 0.15) is 31.1 Å². The Morgan fingerprint density at radius 1 is 0.879 bits per heavy atom. The average Bonchev–Trinajstić information content (AvgIpc) is 2.71. The van der Waals surface area contributed by atoms with Crippen LogP contribution in [-0.4, -0.2) is 35.6 Å². The van der Waals surface area contributed by atoms with E-state index in [9.17, 15) is 31.4 Å². The molecule has 0 radical (unpaired) electrons. The fourth-order valence-electron chi connectivity index (χ4n) is 2.32. The van der Waals surface area contributed by atoms with E-state index >= 15 is 0 Å². The molecule has 3 rings (SSSR count). The molecule has 0 unspecified atom stereocenters. The van der Waals surface area contributed by atoms with Crippen molar-refractivity contribution < 1.29 is 31.4 Å². The van der Waals surface area contributed by atoms with Gasteiger partial charge in [0.2, 0.25) is 11.8 Å². The highest BCUT2D eigenvalue weighted by Crippen LogP contribution is 2.30. The Balaban J connectivity index is 2.08. The fraction of sp³-hybridized carbons (Fsp3) is 0.250. The van der Waals surface area contributed by atoms with Crippen LogP contribution in [0.3, 0.4) is 0 Å². The van der Waals surface area contributed by atoms with Crippen LogP contribution < -0.4 is 5.32 Å². The molecule has 172 valence electrons. The summed E-state index contributed by atoms with van der Waals surface area (Å²) in [5.74, 6) is 4.02. The topological polar surface area (TPSA) is 96.7 Å². The minimum Gasteiger partial charge on any atom is -0.378 e. The molecule has 3 aromatic heterocycles. The van der Waals surface area contributed by atoms with Crippen molar-refractivity contribution in [3.05, 3.63) is 53.7 Å². The smallest absolute Gasteiger partial charge is 0.378 e. The summed E-state index contributed by atoms with van der Waals surface area (Å²) in [4.78, 5) is 18.6. The molecule has 0 bridgehead atoms. The van der Waals surface area contributed by atoms with Crippen molar-refractivity contribution in [1.82, 2.24) is 24.9 Å². The van der Waals surface area contributed by atoms with Gasteiger partial charge in [-0.05, 0) is 44.0 Å². The third-order valence-electron chi connectivity index (χ3n) is 3.69. The van der Waals surface area contributed by atoms with Crippen LogP contribution in [0.5, 0.6) is 0 Å². The number of nitrogens with zero attached hydrogens (tertiary/aromatic N) is 5. The Morgan fingerprint density at radius 2 is 1.58 bits per heavy atom. The lowest BCUT2D eigenvalue weighted by Gasteiger charge is -2.11. The van der Waals surface area contributed by atoms with Gasteiger partial charge in [0.25, 0.3) is 0 Å². The lowest BCUT2D eigenvalue weighted by Crippen LogP contribution is -2.15. The first-order chi connectivity index (χ1) is 15.2. The molecular formula is C20H14F6N6O. The molecule has 0 aliphatic rings. The second-order valence-corrected chi connectivity index (χ2v) is 7.07. The Labute approximate surface area is 183 Å². The summed E-state index contributed by atoms with van der Waals surface area (Å²) in [5, 5.41) is 12.3. The van der Waals surface area contributed by atoms with E-state index in [1.165, 1.54) is 26.0 Å². The first kappa shape index (κ1) is 23.9. The van der Waals surface area contributed by atoms with Crippen LogP contribution in [0.4, 0.5) is 38.0 Å². The third kappa shape index (κ3) is 6.59. The number of halogens is 6. The van der Waals surface area contributed by atoms with Crippen molar-refractivity contribution in [3.63, 3.8) is 0 Å². The van der Waals surface area contributed by atoms with E-state index in [1.807, 2.05) is 0 Å². The van der Waals surface area contributed by atoms with Gasteiger partial charge in [-0.25, -0.2) is 4.98 Å². The zero-order valence-corrected chi connectivity index (χ0v) is 16.9. The van der Waals surface area contributed by atoms with Crippen LogP contribution in [-0.2, 0) is 12.4 Å². The summed E-state index contributed by atoms with van der Waals surface area (Å²) in [6, 6.07) is 4.99. The summed E-state index contributed by atoms with van der Waals surface area (Å²) >= 11 is 0. The highest BCUT2D eigenvalue weighted by atomic mass is 19.4. The number of aromatic nitrogens is 5. The van der Waals surface area contributed by atoms with Crippen molar-refractivity contribution in [3.8, 4) is 23.4 Å². The van der Waals surface area contributed by atoms with E-state index in [-0.39, 0.29) is 29.0 Å². The van der Waals surface area contributed by atoms with Crippen LogP contribution >= 0.6 is 0 Å². The molecule has 33 heavy (non-hydrogen) atoms. The molecule has 0 aliphatic heterocycles. The van der Waals surface area contributed by atoms with Gasteiger partial charge in [-0.1, -0.05) is 12.0 Å². The maximum Gasteiger partial charge on any atom is 0.433 e. The highest BCUT2D eigenvalue weighted by molar-refractivity contribution is 5.58. The summed E-state index contributed by atoms with van der Waals surface area (Å²) in [6.07, 6.45) is -8.51. The Morgan fingerprint density at radius 3 is 2.21 bits per heavy atom. The molecule has 7 nitrogen and oxygen atoms in total. The summed E-state index contributed by atoms with van der Waals surface area (Å²) in [6.45, 7) is 2.76. The Kier molecular flexibility index (Phi) is 6.24. The minimum absolute atomic E-state index is 0.0899. The van der Waals surface area contributed by atoms with Gasteiger partial charge in [-0.3, -0.25) is 4.98 Å². The second-order valence-electron chi connectivity index (χ2n) is 7.07. The van der Waals surface area contributed by atoms with Crippen LogP contribution in [0.2, 0.25) is 0 Å². The maximum atomic E-state index is 13.0. The van der Waals surface area contributed by atoms with Crippen molar-refractivity contribution in [2.75, 3.05) is 5.32 Å². The summed E-state index contributed by atoms with van der Waals surface area (Å²) in [5.41, 5.74) is -4.17. The molecule has 0 saturated heterocycles. The largest absolute Gasteiger partial charge is 0.433 e. The fourth-order valence-corrected chi connectivity index (χ4v) is 2.32. The Hall–Kier alpha value is -3.79. The number of anilines is 2. The van der Waals surface area contributed by atoms with Gasteiger partial charge in [0.05, 0.1) is 0 Å². The number of aliphatic hydroxyl groups is 1. The number of rotatable bonds is 3. The number of hydrogen-bond donors (Lipinski definition) is 2. The van der Waals surface area contributed by atoms with Crippen molar-refractivity contribution >= 4 is 11.6 Å². The molecule has 13 heteroatoms. The van der Waals surface area contributed by atoms with Crippen molar-refractivity contribution in [1.29, 1.82) is 0 Å². The number of nitrogens with one attached hydrogen (secondary N) is 1. The van der Waals surface area contributed by atoms with Crippen molar-refractivity contribution in [2.45, 2.75) is 31.8 Å². The number of hydrogen-bond acceptors (Lipinski definition) is 7. The Bertz CT molecular complexity index is 1220. The van der Waals surface area contributed by atoms with E-state index in [0.29, 0.717) is 6.07 Å². The molecule has 0 aromatic carbocycles. The van der Waals surface area contributed by atoms with Gasteiger partial charge in [-0.15, -0.1) is 0 Å². The van der Waals surface area contributed by atoms with E-state index < -0.39 is 29.3 Å². The van der Waals surface area contributed by atoms with Crippen molar-refractivity contribution in [2.24, 2.45) is 0 Å². The van der Waals surface area contributed by atoms with E-state index in [0.717, 1.165) is 18.3 Å². The summed E-state index contributed by atoms with van der Waals surface area (Å²) in [7, 11) is 0. The molecular weight excluding hydrogens is 454 g/mol. The van der Waals surface area contributed by atoms with Gasteiger partial charge < -0.3 is 10.4 Å². The van der Waals surface area contributed by atoms with Gasteiger partial charge in [0, 0.05) is 11.9 Å². The first-order valence-corrected chi connectivity index (χ1v) is 9.07. The molecule has 0 atom stereocenters. The number of alkyl halides is 6. The third-order valence-corrected chi connectivity index (χ3v) is 3.69. The second kappa shape index (κ2) is 8.62. The zero-order chi connectivity index (χ0) is 24.4. The van der Waals surface area contributed by atoms with E-state index in [4.69, 9.17) is 0 Å². The number of pyridine rings is 2. The monoisotopic (exact) mass is 468 g/mol. The van der Waals surface area contributed by atoms with Crippen LogP contribution in [0, 0.1) is 11.8 Å². The maximum absolute atomic E-state index is 13.0. The van der Waals surface area contributed by atoms with Gasteiger partial charge in [-0.2, -0.15) is 41.3 Å². The highest BCUT2D eigenvalue weighted by Gasteiger charge is 2.33. The minimum atomic E-state index is -4.72. The predicted molar refractivity (Wildman–Crippen MR) is 104 cm³/mol.